The molecule has 13 heteroatoms. The van der Waals surface area contributed by atoms with Gasteiger partial charge in [-0.25, -0.2) is 9.69 Å². The van der Waals surface area contributed by atoms with Crippen molar-refractivity contribution in [1.82, 2.24) is 30.0 Å². The lowest BCUT2D eigenvalue weighted by Gasteiger charge is -2.35. The standard InChI is InChI=1S/C29H24ClN7O5/c1-35(29(41)42)28(40)19-6-10-22(11-7-19)32-27(39)26-23-5-3-2-4-18(23)14-15-36(26)25(38)13-8-20-16-21(30)9-12-24(20)37-17-31-33-34-37/h2-13,16-17,26H,14-15H2,1H3,(H,32,39)(H,41,42)/b13-8+/t26-/m1/s1. The zero-order valence-corrected chi connectivity index (χ0v) is 23.0. The summed E-state index contributed by atoms with van der Waals surface area (Å²) < 4.78 is 1.45. The van der Waals surface area contributed by atoms with E-state index >= 15 is 0 Å². The van der Waals surface area contributed by atoms with E-state index in [9.17, 15) is 19.2 Å². The lowest BCUT2D eigenvalue weighted by Crippen LogP contribution is -2.44. The van der Waals surface area contributed by atoms with Gasteiger partial charge in [-0.2, -0.15) is 4.68 Å². The Bertz CT molecular complexity index is 1690. The first-order valence-corrected chi connectivity index (χ1v) is 13.1. The van der Waals surface area contributed by atoms with Gasteiger partial charge in [0, 0.05) is 41.5 Å². The summed E-state index contributed by atoms with van der Waals surface area (Å²) in [6.07, 6.45) is 3.60. The molecule has 1 aromatic heterocycles. The molecule has 0 saturated heterocycles. The number of aromatic nitrogens is 4. The Balaban J connectivity index is 1.40. The maximum absolute atomic E-state index is 13.7. The minimum atomic E-state index is -1.38. The third kappa shape index (κ3) is 5.88. The number of halogens is 1. The third-order valence-corrected chi connectivity index (χ3v) is 7.03. The zero-order valence-electron chi connectivity index (χ0n) is 22.2. The van der Waals surface area contributed by atoms with E-state index in [2.05, 4.69) is 20.8 Å². The number of nitrogens with one attached hydrogen (secondary N) is 1. The Hall–Kier alpha value is -5.36. The number of hydrogen-bond donors (Lipinski definition) is 2. The van der Waals surface area contributed by atoms with Crippen LogP contribution in [-0.4, -0.2) is 72.5 Å². The number of carboxylic acid groups (broad SMARTS) is 1. The van der Waals surface area contributed by atoms with E-state index in [1.165, 1.54) is 46.3 Å². The minimum absolute atomic E-state index is 0.143. The van der Waals surface area contributed by atoms with E-state index in [-0.39, 0.29) is 11.5 Å². The van der Waals surface area contributed by atoms with Gasteiger partial charge in [0.25, 0.3) is 11.8 Å². The molecule has 0 saturated carbocycles. The van der Waals surface area contributed by atoms with Crippen molar-refractivity contribution in [3.8, 4) is 5.69 Å². The number of rotatable bonds is 6. The average molecular weight is 586 g/mol. The number of benzene rings is 3. The molecule has 1 atom stereocenters. The van der Waals surface area contributed by atoms with Gasteiger partial charge >= 0.3 is 6.09 Å². The number of fused-ring (bicyclic) bond motifs is 1. The summed E-state index contributed by atoms with van der Waals surface area (Å²) in [4.78, 5) is 52.7. The van der Waals surface area contributed by atoms with Crippen LogP contribution < -0.4 is 5.32 Å². The van der Waals surface area contributed by atoms with Crippen LogP contribution in [0.25, 0.3) is 11.8 Å². The third-order valence-electron chi connectivity index (χ3n) is 6.80. The summed E-state index contributed by atoms with van der Waals surface area (Å²) in [5.41, 5.74) is 3.40. The van der Waals surface area contributed by atoms with Crippen LogP contribution in [0.15, 0.2) is 79.1 Å². The molecule has 4 aromatic rings. The van der Waals surface area contributed by atoms with Gasteiger partial charge in [0.05, 0.1) is 5.69 Å². The molecule has 0 fully saturated rings. The molecule has 0 aliphatic carbocycles. The van der Waals surface area contributed by atoms with Crippen molar-refractivity contribution in [3.63, 3.8) is 0 Å². The van der Waals surface area contributed by atoms with Gasteiger partial charge in [-0.1, -0.05) is 35.9 Å². The number of carbonyl (C=O) groups is 4. The molecule has 5 rings (SSSR count). The smallest absolute Gasteiger partial charge is 0.414 e. The van der Waals surface area contributed by atoms with Crippen molar-refractivity contribution < 1.29 is 24.3 Å². The second-order valence-electron chi connectivity index (χ2n) is 9.39. The molecule has 2 N–H and O–H groups in total. The molecule has 1 aliphatic heterocycles. The molecular weight excluding hydrogens is 562 g/mol. The normalized spacial score (nSPS) is 14.3. The van der Waals surface area contributed by atoms with Crippen molar-refractivity contribution in [3.05, 3.63) is 106 Å². The summed E-state index contributed by atoms with van der Waals surface area (Å²) in [5.74, 6) is -1.53. The maximum Gasteiger partial charge on any atom is 0.414 e. The molecule has 4 amide bonds. The van der Waals surface area contributed by atoms with Crippen molar-refractivity contribution >= 4 is 47.2 Å². The Morgan fingerprint density at radius 3 is 2.55 bits per heavy atom. The fourth-order valence-corrected chi connectivity index (χ4v) is 4.85. The molecule has 42 heavy (non-hydrogen) atoms. The molecule has 2 heterocycles. The van der Waals surface area contributed by atoms with E-state index < -0.39 is 23.9 Å². The van der Waals surface area contributed by atoms with Gasteiger partial charge in [0.2, 0.25) is 5.91 Å². The van der Waals surface area contributed by atoms with Crippen LogP contribution in [-0.2, 0) is 16.0 Å². The molecule has 12 nitrogen and oxygen atoms in total. The van der Waals surface area contributed by atoms with E-state index in [0.717, 1.165) is 12.6 Å². The number of tetrazole rings is 1. The summed E-state index contributed by atoms with van der Waals surface area (Å²) in [7, 11) is 1.15. The monoisotopic (exact) mass is 585 g/mol. The van der Waals surface area contributed by atoms with E-state index in [1.807, 2.05) is 24.3 Å². The molecular formula is C29H24ClN7O5. The maximum atomic E-state index is 13.7. The summed E-state index contributed by atoms with van der Waals surface area (Å²) in [6.45, 7) is 0.308. The van der Waals surface area contributed by atoms with Gasteiger partial charge < -0.3 is 15.3 Å². The number of amides is 4. The van der Waals surface area contributed by atoms with Crippen LogP contribution in [0.4, 0.5) is 10.5 Å². The predicted molar refractivity (Wildman–Crippen MR) is 153 cm³/mol. The fraction of sp³-hybridized carbons (Fsp3) is 0.138. The molecule has 1 aliphatic rings. The minimum Gasteiger partial charge on any atom is -0.465 e. The molecule has 0 spiro atoms. The average Bonchev–Trinajstić information content (AvgIpc) is 3.53. The summed E-state index contributed by atoms with van der Waals surface area (Å²) >= 11 is 6.21. The van der Waals surface area contributed by atoms with Crippen LogP contribution in [0.3, 0.4) is 0 Å². The highest BCUT2D eigenvalue weighted by Gasteiger charge is 2.35. The molecule has 212 valence electrons. The lowest BCUT2D eigenvalue weighted by atomic mass is 9.91. The highest BCUT2D eigenvalue weighted by Crippen LogP contribution is 2.31. The van der Waals surface area contributed by atoms with Crippen LogP contribution in [0.5, 0.6) is 0 Å². The van der Waals surface area contributed by atoms with Gasteiger partial charge in [-0.15, -0.1) is 5.10 Å². The quantitative estimate of drug-likeness (QED) is 0.324. The van der Waals surface area contributed by atoms with E-state index in [4.69, 9.17) is 16.7 Å². The van der Waals surface area contributed by atoms with Crippen LogP contribution in [0.1, 0.15) is 33.1 Å². The van der Waals surface area contributed by atoms with Gasteiger partial charge in [0.15, 0.2) is 0 Å². The largest absolute Gasteiger partial charge is 0.465 e. The molecule has 3 aromatic carbocycles. The lowest BCUT2D eigenvalue weighted by molar-refractivity contribution is -0.135. The van der Waals surface area contributed by atoms with Crippen LogP contribution in [0.2, 0.25) is 5.02 Å². The molecule has 0 bridgehead atoms. The second-order valence-corrected chi connectivity index (χ2v) is 9.82. The number of hydrogen-bond acceptors (Lipinski definition) is 7. The number of nitrogens with zero attached hydrogens (tertiary/aromatic N) is 6. The topological polar surface area (TPSA) is 151 Å². The van der Waals surface area contributed by atoms with Crippen LogP contribution in [0, 0.1) is 0 Å². The van der Waals surface area contributed by atoms with Crippen molar-refractivity contribution in [2.45, 2.75) is 12.5 Å². The highest BCUT2D eigenvalue weighted by molar-refractivity contribution is 6.30. The number of imide groups is 1. The Kier molecular flexibility index (Phi) is 8.07. The van der Waals surface area contributed by atoms with Crippen molar-refractivity contribution in [2.75, 3.05) is 18.9 Å². The van der Waals surface area contributed by atoms with Gasteiger partial charge in [-0.3, -0.25) is 14.4 Å². The number of carbonyl (C=O) groups excluding carboxylic acids is 3. The highest BCUT2D eigenvalue weighted by atomic mass is 35.5. The Morgan fingerprint density at radius 2 is 1.83 bits per heavy atom. The van der Waals surface area contributed by atoms with Crippen molar-refractivity contribution in [2.24, 2.45) is 0 Å². The Labute approximate surface area is 244 Å². The first-order chi connectivity index (χ1) is 20.2. The molecule has 0 radical (unpaired) electrons. The Morgan fingerprint density at radius 1 is 1.07 bits per heavy atom. The first kappa shape index (κ1) is 28.2. The van der Waals surface area contributed by atoms with Gasteiger partial charge in [-0.05, 0) is 76.5 Å². The molecule has 0 unspecified atom stereocenters. The summed E-state index contributed by atoms with van der Waals surface area (Å²) in [6, 6.07) is 17.5. The fourth-order valence-electron chi connectivity index (χ4n) is 4.67. The first-order valence-electron chi connectivity index (χ1n) is 12.7. The van der Waals surface area contributed by atoms with E-state index in [1.54, 1.807) is 24.3 Å². The zero-order chi connectivity index (χ0) is 29.8. The van der Waals surface area contributed by atoms with Crippen LogP contribution >= 0.6 is 11.6 Å². The SMILES string of the molecule is CN(C(=O)O)C(=O)c1ccc(NC(=O)[C@H]2c3ccccc3CCN2C(=O)/C=C/c2cc(Cl)ccc2-n2cnnn2)cc1. The number of anilines is 1. The summed E-state index contributed by atoms with van der Waals surface area (Å²) in [5, 5.41) is 23.6. The van der Waals surface area contributed by atoms with Gasteiger partial charge in [0.1, 0.15) is 12.4 Å². The van der Waals surface area contributed by atoms with E-state index in [0.29, 0.717) is 45.4 Å². The predicted octanol–water partition coefficient (Wildman–Crippen LogP) is 3.84. The van der Waals surface area contributed by atoms with Crippen molar-refractivity contribution in [1.29, 1.82) is 0 Å². The second kappa shape index (κ2) is 12.0.